The van der Waals surface area contributed by atoms with E-state index in [4.69, 9.17) is 5.11 Å². The van der Waals surface area contributed by atoms with Gasteiger partial charge in [-0.1, -0.05) is 27.7 Å². The molecule has 0 saturated heterocycles. The lowest BCUT2D eigenvalue weighted by molar-refractivity contribution is -0.124. The van der Waals surface area contributed by atoms with E-state index in [0.29, 0.717) is 19.4 Å². The summed E-state index contributed by atoms with van der Waals surface area (Å²) in [5.74, 6) is 0.166. The minimum atomic E-state index is -1.66. The van der Waals surface area contributed by atoms with Gasteiger partial charge in [0.2, 0.25) is 0 Å². The van der Waals surface area contributed by atoms with E-state index < -0.39 is 31.0 Å². The predicted molar refractivity (Wildman–Crippen MR) is 100 cm³/mol. The Bertz CT molecular complexity index is 416. The molecule has 0 heterocycles. The molecule has 0 fully saturated rings. The van der Waals surface area contributed by atoms with Crippen LogP contribution in [0.25, 0.3) is 0 Å². The van der Waals surface area contributed by atoms with Crippen LogP contribution in [-0.4, -0.2) is 87.2 Å². The number of carbonyl (C=O) groups is 1. The zero-order chi connectivity index (χ0) is 20.3. The van der Waals surface area contributed by atoms with E-state index in [1.165, 1.54) is 0 Å². The van der Waals surface area contributed by atoms with Crippen LogP contribution in [0.3, 0.4) is 0 Å². The fraction of sp³-hybridized carbons (Fsp3) is 0.889. The van der Waals surface area contributed by atoms with Gasteiger partial charge in [0.15, 0.2) is 5.78 Å². The molecule has 8 heteroatoms. The number of aliphatic hydroxyl groups is 5. The van der Waals surface area contributed by atoms with Crippen molar-refractivity contribution >= 4 is 12.0 Å². The fourth-order valence-corrected chi connectivity index (χ4v) is 2.47. The summed E-state index contributed by atoms with van der Waals surface area (Å²) in [5, 5.41) is 50.1. The number of nitrogens with one attached hydrogen (secondary N) is 1. The van der Waals surface area contributed by atoms with E-state index in [1.807, 2.05) is 27.7 Å². The lowest BCUT2D eigenvalue weighted by Crippen LogP contribution is -2.46. The average molecular weight is 376 g/mol. The topological polar surface area (TPSA) is 143 Å². The molecule has 0 aromatic carbocycles. The van der Waals surface area contributed by atoms with Gasteiger partial charge in [-0.3, -0.25) is 9.79 Å². The van der Waals surface area contributed by atoms with Gasteiger partial charge in [0.1, 0.15) is 24.4 Å². The molecule has 5 unspecified atom stereocenters. The molecule has 0 saturated carbocycles. The first-order valence-corrected chi connectivity index (χ1v) is 9.24. The minimum absolute atomic E-state index is 0.0263. The highest BCUT2D eigenvalue weighted by molar-refractivity contribution is 5.85. The largest absolute Gasteiger partial charge is 0.394 e. The van der Waals surface area contributed by atoms with Gasteiger partial charge in [-0.2, -0.15) is 0 Å². The van der Waals surface area contributed by atoms with Gasteiger partial charge in [-0.05, 0) is 19.3 Å². The number of aliphatic imine (C=N–C) groups is 1. The van der Waals surface area contributed by atoms with Crippen LogP contribution in [0.15, 0.2) is 4.99 Å². The van der Waals surface area contributed by atoms with Crippen LogP contribution in [0.2, 0.25) is 0 Å². The van der Waals surface area contributed by atoms with Crippen molar-refractivity contribution in [1.29, 1.82) is 0 Å². The first-order chi connectivity index (χ1) is 12.1. The highest BCUT2D eigenvalue weighted by Gasteiger charge is 2.29. The Balaban J connectivity index is 4.26. The Morgan fingerprint density at radius 2 is 1.65 bits per heavy atom. The fourth-order valence-electron chi connectivity index (χ4n) is 2.47. The molecule has 0 amide bonds. The van der Waals surface area contributed by atoms with E-state index in [2.05, 4.69) is 10.3 Å². The van der Waals surface area contributed by atoms with Crippen molar-refractivity contribution in [3.05, 3.63) is 0 Å². The summed E-state index contributed by atoms with van der Waals surface area (Å²) in [7, 11) is 0. The first-order valence-electron chi connectivity index (χ1n) is 9.24. The molecule has 0 bridgehead atoms. The molecule has 0 rings (SSSR count). The molecule has 5 atom stereocenters. The maximum Gasteiger partial charge on any atom is 0.152 e. The van der Waals surface area contributed by atoms with Crippen LogP contribution in [-0.2, 0) is 4.79 Å². The normalized spacial score (nSPS) is 18.3. The van der Waals surface area contributed by atoms with E-state index in [-0.39, 0.29) is 23.8 Å². The lowest BCUT2D eigenvalue weighted by atomic mass is 9.96. The highest BCUT2D eigenvalue weighted by atomic mass is 16.4. The molecule has 0 aromatic heterocycles. The SMILES string of the molecule is CC(C)NC(CCCC/N=C/C(O)C(O)C(O)C(O)CO)C(=O)C(C)C. The number of Topliss-reactive ketones (excluding diaryl/α,β-unsaturated/α-hetero) is 1. The molecule has 6 N–H and O–H groups in total. The summed E-state index contributed by atoms with van der Waals surface area (Å²) in [6.45, 7) is 7.46. The van der Waals surface area contributed by atoms with Crippen LogP contribution in [0.5, 0.6) is 0 Å². The number of unbranched alkanes of at least 4 members (excludes halogenated alkanes) is 1. The summed E-state index contributed by atoms with van der Waals surface area (Å²) in [6, 6.07) is 0.0413. The monoisotopic (exact) mass is 376 g/mol. The van der Waals surface area contributed by atoms with E-state index in [0.717, 1.165) is 12.6 Å². The van der Waals surface area contributed by atoms with Crippen LogP contribution in [0, 0.1) is 5.92 Å². The van der Waals surface area contributed by atoms with Crippen molar-refractivity contribution < 1.29 is 30.3 Å². The average Bonchev–Trinajstić information content (AvgIpc) is 2.59. The van der Waals surface area contributed by atoms with Crippen molar-refractivity contribution in [1.82, 2.24) is 5.32 Å². The van der Waals surface area contributed by atoms with Crippen LogP contribution in [0.1, 0.15) is 47.0 Å². The maximum atomic E-state index is 12.2. The van der Waals surface area contributed by atoms with Crippen molar-refractivity contribution in [2.24, 2.45) is 10.9 Å². The number of rotatable bonds is 14. The molecule has 0 aromatic rings. The van der Waals surface area contributed by atoms with Gasteiger partial charge in [0, 0.05) is 24.7 Å². The molecule has 0 radical (unpaired) electrons. The Morgan fingerprint density at radius 3 is 2.15 bits per heavy atom. The van der Waals surface area contributed by atoms with E-state index in [1.54, 1.807) is 0 Å². The molecule has 0 aliphatic heterocycles. The summed E-state index contributed by atoms with van der Waals surface area (Å²) in [4.78, 5) is 16.2. The molecule has 0 aliphatic rings. The van der Waals surface area contributed by atoms with Gasteiger partial charge in [-0.15, -0.1) is 0 Å². The molecular weight excluding hydrogens is 340 g/mol. The number of hydrogen-bond acceptors (Lipinski definition) is 8. The molecule has 154 valence electrons. The molecule has 0 aliphatic carbocycles. The zero-order valence-electron chi connectivity index (χ0n) is 16.2. The van der Waals surface area contributed by atoms with Gasteiger partial charge in [-0.25, -0.2) is 0 Å². The van der Waals surface area contributed by atoms with Crippen molar-refractivity contribution in [2.75, 3.05) is 13.2 Å². The number of carbonyl (C=O) groups excluding carboxylic acids is 1. The Labute approximate surface area is 156 Å². The highest BCUT2D eigenvalue weighted by Crippen LogP contribution is 2.09. The third-order valence-corrected chi connectivity index (χ3v) is 4.02. The lowest BCUT2D eigenvalue weighted by Gasteiger charge is -2.23. The molecule has 26 heavy (non-hydrogen) atoms. The van der Waals surface area contributed by atoms with Crippen LogP contribution >= 0.6 is 0 Å². The summed E-state index contributed by atoms with van der Waals surface area (Å²) in [5.41, 5.74) is 0. The number of ketones is 1. The third-order valence-electron chi connectivity index (χ3n) is 4.02. The Kier molecular flexibility index (Phi) is 12.8. The van der Waals surface area contributed by atoms with Crippen molar-refractivity contribution in [3.8, 4) is 0 Å². The smallest absolute Gasteiger partial charge is 0.152 e. The quantitative estimate of drug-likeness (QED) is 0.173. The Hall–Kier alpha value is -0.900. The summed E-state index contributed by atoms with van der Waals surface area (Å²) < 4.78 is 0. The van der Waals surface area contributed by atoms with Crippen molar-refractivity contribution in [2.45, 2.75) is 83.5 Å². The van der Waals surface area contributed by atoms with E-state index >= 15 is 0 Å². The van der Waals surface area contributed by atoms with Gasteiger partial charge in [0.05, 0.1) is 12.6 Å². The summed E-state index contributed by atoms with van der Waals surface area (Å²) in [6.07, 6.45) is -2.96. The van der Waals surface area contributed by atoms with Crippen LogP contribution in [0.4, 0.5) is 0 Å². The van der Waals surface area contributed by atoms with Crippen LogP contribution < -0.4 is 5.32 Å². The van der Waals surface area contributed by atoms with E-state index in [9.17, 15) is 25.2 Å². The molecule has 0 spiro atoms. The zero-order valence-corrected chi connectivity index (χ0v) is 16.2. The Morgan fingerprint density at radius 1 is 1.04 bits per heavy atom. The molecule has 8 nitrogen and oxygen atoms in total. The van der Waals surface area contributed by atoms with Gasteiger partial charge < -0.3 is 30.8 Å². The molecular formula is C18H36N2O6. The minimum Gasteiger partial charge on any atom is -0.394 e. The second kappa shape index (κ2) is 13.3. The number of aliphatic hydroxyl groups excluding tert-OH is 5. The van der Waals surface area contributed by atoms with Crippen molar-refractivity contribution in [3.63, 3.8) is 0 Å². The van der Waals surface area contributed by atoms with Gasteiger partial charge >= 0.3 is 0 Å². The number of hydrogen-bond donors (Lipinski definition) is 6. The standard InChI is InChI=1S/C18H36N2O6/c1-11(2)16(24)13(20-12(3)4)7-5-6-8-19-9-14(22)17(25)18(26)15(23)10-21/h9,11-15,17-18,20-23,25-26H,5-8,10H2,1-4H3/b19-9+. The maximum absolute atomic E-state index is 12.2. The van der Waals surface area contributed by atoms with Gasteiger partial charge in [0.25, 0.3) is 0 Å². The number of nitrogens with zero attached hydrogens (tertiary/aromatic N) is 1. The second-order valence-corrected chi connectivity index (χ2v) is 7.20. The first kappa shape index (κ1) is 25.1. The predicted octanol–water partition coefficient (Wildman–Crippen LogP) is -0.745. The second-order valence-electron chi connectivity index (χ2n) is 7.20. The summed E-state index contributed by atoms with van der Waals surface area (Å²) >= 11 is 0. The third kappa shape index (κ3) is 9.70.